The van der Waals surface area contributed by atoms with E-state index in [1.807, 2.05) is 11.3 Å². The summed E-state index contributed by atoms with van der Waals surface area (Å²) in [6.45, 7) is 2.23. The minimum atomic E-state index is 0.477. The van der Waals surface area contributed by atoms with Crippen molar-refractivity contribution >= 4 is 11.3 Å². The summed E-state index contributed by atoms with van der Waals surface area (Å²) in [6.07, 6.45) is 6.03. The van der Waals surface area contributed by atoms with E-state index >= 15 is 0 Å². The molecule has 1 heterocycles. The quantitative estimate of drug-likeness (QED) is 0.721. The van der Waals surface area contributed by atoms with Gasteiger partial charge in [0.15, 0.2) is 0 Å². The Balaban J connectivity index is 1.87. The molecule has 0 saturated carbocycles. The van der Waals surface area contributed by atoms with Crippen LogP contribution in [0.5, 0.6) is 0 Å². The lowest BCUT2D eigenvalue weighted by Crippen LogP contribution is -2.16. The first-order valence-electron chi connectivity index (χ1n) is 7.62. The zero-order chi connectivity index (χ0) is 14.2. The van der Waals surface area contributed by atoms with Crippen molar-refractivity contribution in [2.24, 2.45) is 0 Å². The first-order valence-corrected chi connectivity index (χ1v) is 8.50. The number of hydrogen-bond acceptors (Lipinski definition) is 2. The second-order valence-electron chi connectivity index (χ2n) is 5.30. The molecule has 0 amide bonds. The van der Waals surface area contributed by atoms with Crippen LogP contribution >= 0.6 is 11.3 Å². The topological polar surface area (TPSA) is 12.0 Å². The molecule has 1 unspecified atom stereocenters. The number of nitrogens with one attached hydrogen (secondary N) is 1. The first kappa shape index (κ1) is 15.3. The molecule has 0 aliphatic heterocycles. The van der Waals surface area contributed by atoms with E-state index < -0.39 is 0 Å². The maximum absolute atomic E-state index is 3.45. The van der Waals surface area contributed by atoms with Gasteiger partial charge in [-0.05, 0) is 55.3 Å². The van der Waals surface area contributed by atoms with E-state index in [1.165, 1.54) is 48.1 Å². The van der Waals surface area contributed by atoms with E-state index in [4.69, 9.17) is 0 Å². The highest BCUT2D eigenvalue weighted by Gasteiger charge is 2.09. The Labute approximate surface area is 127 Å². The van der Waals surface area contributed by atoms with Crippen LogP contribution in [0.25, 0.3) is 0 Å². The summed E-state index contributed by atoms with van der Waals surface area (Å²) < 4.78 is 0. The SMILES string of the molecule is CCCc1ccc(C(CCCc2cccs2)NC)cc1. The van der Waals surface area contributed by atoms with Crippen LogP contribution < -0.4 is 5.32 Å². The van der Waals surface area contributed by atoms with Crippen molar-refractivity contribution in [2.45, 2.75) is 45.1 Å². The maximum Gasteiger partial charge on any atom is 0.0317 e. The summed E-state index contributed by atoms with van der Waals surface area (Å²) in [7, 11) is 2.07. The monoisotopic (exact) mass is 287 g/mol. The van der Waals surface area contributed by atoms with E-state index in [1.54, 1.807) is 0 Å². The average Bonchev–Trinajstić information content (AvgIpc) is 2.98. The predicted octanol–water partition coefficient (Wildman–Crippen LogP) is 4.98. The van der Waals surface area contributed by atoms with Crippen molar-refractivity contribution in [2.75, 3.05) is 7.05 Å². The molecule has 0 bridgehead atoms. The molecule has 1 nitrogen and oxygen atoms in total. The Morgan fingerprint density at radius 1 is 1.10 bits per heavy atom. The molecule has 1 aromatic carbocycles. The average molecular weight is 287 g/mol. The van der Waals surface area contributed by atoms with E-state index in [0.29, 0.717) is 6.04 Å². The molecule has 2 aromatic rings. The van der Waals surface area contributed by atoms with Gasteiger partial charge in [-0.25, -0.2) is 0 Å². The van der Waals surface area contributed by atoms with Crippen molar-refractivity contribution < 1.29 is 0 Å². The Morgan fingerprint density at radius 3 is 2.50 bits per heavy atom. The molecule has 2 heteroatoms. The molecule has 108 valence electrons. The normalized spacial score (nSPS) is 12.5. The zero-order valence-corrected chi connectivity index (χ0v) is 13.4. The van der Waals surface area contributed by atoms with Crippen LogP contribution in [0.15, 0.2) is 41.8 Å². The fraction of sp³-hybridized carbons (Fsp3) is 0.444. The van der Waals surface area contributed by atoms with E-state index in [0.717, 1.165) is 0 Å². The van der Waals surface area contributed by atoms with Gasteiger partial charge >= 0.3 is 0 Å². The summed E-state index contributed by atoms with van der Waals surface area (Å²) in [6, 6.07) is 14.0. The second kappa shape index (κ2) is 8.23. The molecular formula is C18H25NS. The van der Waals surface area contributed by atoms with Crippen LogP contribution in [0.3, 0.4) is 0 Å². The molecular weight excluding hydrogens is 262 g/mol. The van der Waals surface area contributed by atoms with Gasteiger partial charge in [0.2, 0.25) is 0 Å². The molecule has 20 heavy (non-hydrogen) atoms. The number of benzene rings is 1. The molecule has 0 spiro atoms. The zero-order valence-electron chi connectivity index (χ0n) is 12.6. The molecule has 0 aliphatic rings. The van der Waals surface area contributed by atoms with Crippen molar-refractivity contribution in [3.63, 3.8) is 0 Å². The van der Waals surface area contributed by atoms with Gasteiger partial charge in [0.05, 0.1) is 0 Å². The number of thiophene rings is 1. The minimum Gasteiger partial charge on any atom is -0.313 e. The Bertz CT molecular complexity index is 473. The second-order valence-corrected chi connectivity index (χ2v) is 6.34. The third kappa shape index (κ3) is 4.46. The van der Waals surface area contributed by atoms with Crippen molar-refractivity contribution in [3.05, 3.63) is 57.8 Å². The highest BCUT2D eigenvalue weighted by atomic mass is 32.1. The Hall–Kier alpha value is -1.12. The fourth-order valence-electron chi connectivity index (χ4n) is 2.62. The van der Waals surface area contributed by atoms with E-state index in [2.05, 4.69) is 61.1 Å². The predicted molar refractivity (Wildman–Crippen MR) is 89.5 cm³/mol. The minimum absolute atomic E-state index is 0.477. The van der Waals surface area contributed by atoms with Crippen LogP contribution in [0.2, 0.25) is 0 Å². The first-order chi connectivity index (χ1) is 9.83. The van der Waals surface area contributed by atoms with Gasteiger partial charge in [-0.15, -0.1) is 11.3 Å². The van der Waals surface area contributed by atoms with Gasteiger partial charge in [-0.2, -0.15) is 0 Å². The van der Waals surface area contributed by atoms with Gasteiger partial charge in [-0.3, -0.25) is 0 Å². The Morgan fingerprint density at radius 2 is 1.90 bits per heavy atom. The molecule has 0 aliphatic carbocycles. The van der Waals surface area contributed by atoms with Crippen LogP contribution in [-0.4, -0.2) is 7.05 Å². The summed E-state index contributed by atoms with van der Waals surface area (Å²) in [4.78, 5) is 1.50. The van der Waals surface area contributed by atoms with Gasteiger partial charge in [0, 0.05) is 10.9 Å². The van der Waals surface area contributed by atoms with Crippen LogP contribution in [0, 0.1) is 0 Å². The molecule has 1 atom stereocenters. The van der Waals surface area contributed by atoms with Crippen LogP contribution in [0.4, 0.5) is 0 Å². The molecule has 1 N–H and O–H groups in total. The Kier molecular flexibility index (Phi) is 6.28. The van der Waals surface area contributed by atoms with Gasteiger partial charge in [-0.1, -0.05) is 43.7 Å². The lowest BCUT2D eigenvalue weighted by atomic mass is 9.98. The number of aryl methyl sites for hydroxylation is 2. The molecule has 1 aromatic heterocycles. The summed E-state index contributed by atoms with van der Waals surface area (Å²) >= 11 is 1.87. The summed E-state index contributed by atoms with van der Waals surface area (Å²) in [5.41, 5.74) is 2.86. The summed E-state index contributed by atoms with van der Waals surface area (Å²) in [5, 5.41) is 5.62. The molecule has 2 rings (SSSR count). The molecule has 0 radical (unpaired) electrons. The van der Waals surface area contributed by atoms with Crippen LogP contribution in [0.1, 0.15) is 48.2 Å². The lowest BCUT2D eigenvalue weighted by molar-refractivity contribution is 0.528. The standard InChI is InChI=1S/C18H25NS/c1-3-6-15-10-12-16(13-11-15)18(19-2)9-4-7-17-8-5-14-20-17/h5,8,10-14,18-19H,3-4,6-7,9H2,1-2H3. The van der Waals surface area contributed by atoms with Gasteiger partial charge in [0.1, 0.15) is 0 Å². The van der Waals surface area contributed by atoms with Gasteiger partial charge < -0.3 is 5.32 Å². The van der Waals surface area contributed by atoms with E-state index in [9.17, 15) is 0 Å². The largest absolute Gasteiger partial charge is 0.313 e. The highest BCUT2D eigenvalue weighted by molar-refractivity contribution is 7.09. The summed E-state index contributed by atoms with van der Waals surface area (Å²) in [5.74, 6) is 0. The maximum atomic E-state index is 3.45. The molecule has 0 fully saturated rings. The van der Waals surface area contributed by atoms with Crippen molar-refractivity contribution in [3.8, 4) is 0 Å². The smallest absolute Gasteiger partial charge is 0.0317 e. The number of hydrogen-bond donors (Lipinski definition) is 1. The van der Waals surface area contributed by atoms with Crippen molar-refractivity contribution in [1.82, 2.24) is 5.32 Å². The third-order valence-corrected chi connectivity index (χ3v) is 4.70. The number of rotatable bonds is 8. The van der Waals surface area contributed by atoms with Gasteiger partial charge in [0.25, 0.3) is 0 Å². The van der Waals surface area contributed by atoms with Crippen LogP contribution in [-0.2, 0) is 12.8 Å². The fourth-order valence-corrected chi connectivity index (χ4v) is 3.37. The van der Waals surface area contributed by atoms with Crippen molar-refractivity contribution in [1.29, 1.82) is 0 Å². The third-order valence-electron chi connectivity index (χ3n) is 3.77. The van der Waals surface area contributed by atoms with E-state index in [-0.39, 0.29) is 0 Å². The lowest BCUT2D eigenvalue weighted by Gasteiger charge is -2.17. The molecule has 0 saturated heterocycles. The highest BCUT2D eigenvalue weighted by Crippen LogP contribution is 2.21.